The Bertz CT molecular complexity index is 1110. The molecule has 2 fully saturated rings. The highest BCUT2D eigenvalue weighted by Gasteiger charge is 2.43. The van der Waals surface area contributed by atoms with E-state index in [1.807, 2.05) is 6.92 Å². The van der Waals surface area contributed by atoms with Crippen LogP contribution in [0, 0.1) is 23.1 Å². The lowest BCUT2D eigenvalue weighted by Crippen LogP contribution is -2.50. The Morgan fingerprint density at radius 3 is 2.89 bits per heavy atom. The van der Waals surface area contributed by atoms with Crippen molar-refractivity contribution in [1.29, 1.82) is 5.26 Å². The van der Waals surface area contributed by atoms with Crippen molar-refractivity contribution in [2.24, 2.45) is 5.92 Å². The standard InChI is InChI=1S/C25H31FN6O3/c1-3-31(8-9-35-2)25(34)18-14-28-32(15-18)21-7-5-16(22(26)12-21)10-20(13-27)30-24(33)23-17-4-6-19(11-17)29-23/h5,7,12,14-15,17,19-20,23,29H,3-4,6,8-11H2,1-2H3,(H,30,33)/t17-,19+,20-,23-/m0/s1. The molecule has 4 rings (SSSR count). The van der Waals surface area contributed by atoms with E-state index < -0.39 is 11.9 Å². The smallest absolute Gasteiger partial charge is 0.257 e. The number of piperidine rings is 1. The van der Waals surface area contributed by atoms with Gasteiger partial charge in [-0.2, -0.15) is 10.4 Å². The third kappa shape index (κ3) is 5.52. The quantitative estimate of drug-likeness (QED) is 0.534. The molecule has 2 N–H and O–H groups in total. The number of halogens is 1. The van der Waals surface area contributed by atoms with E-state index in [4.69, 9.17) is 4.74 Å². The number of fused-ring (bicyclic) bond motifs is 2. The zero-order valence-electron chi connectivity index (χ0n) is 20.0. The number of carbonyl (C=O) groups excluding carboxylic acids is 2. The van der Waals surface area contributed by atoms with Gasteiger partial charge in [0, 0.05) is 38.9 Å². The number of methoxy groups -OCH3 is 1. The summed E-state index contributed by atoms with van der Waals surface area (Å²) in [6.45, 7) is 3.32. The van der Waals surface area contributed by atoms with E-state index in [-0.39, 0.29) is 24.3 Å². The van der Waals surface area contributed by atoms with Gasteiger partial charge in [0.1, 0.15) is 11.9 Å². The molecular weight excluding hydrogens is 451 g/mol. The topological polar surface area (TPSA) is 112 Å². The van der Waals surface area contributed by atoms with E-state index in [0.717, 1.165) is 19.3 Å². The molecule has 2 bridgehead atoms. The number of amides is 2. The van der Waals surface area contributed by atoms with Crippen molar-refractivity contribution < 1.29 is 18.7 Å². The molecule has 1 aromatic heterocycles. The van der Waals surface area contributed by atoms with Gasteiger partial charge in [0.2, 0.25) is 5.91 Å². The van der Waals surface area contributed by atoms with Crippen LogP contribution in [0.25, 0.3) is 5.69 Å². The van der Waals surface area contributed by atoms with Gasteiger partial charge in [-0.3, -0.25) is 9.59 Å². The number of benzene rings is 1. The summed E-state index contributed by atoms with van der Waals surface area (Å²) in [6, 6.07) is 5.93. The van der Waals surface area contributed by atoms with Gasteiger partial charge in [-0.05, 0) is 49.8 Å². The minimum Gasteiger partial charge on any atom is -0.383 e. The highest BCUT2D eigenvalue weighted by Crippen LogP contribution is 2.35. The predicted molar refractivity (Wildman–Crippen MR) is 126 cm³/mol. The van der Waals surface area contributed by atoms with E-state index in [1.54, 1.807) is 30.3 Å². The van der Waals surface area contributed by atoms with Gasteiger partial charge in [-0.15, -0.1) is 0 Å². The maximum absolute atomic E-state index is 14.9. The van der Waals surface area contributed by atoms with Crippen LogP contribution in [-0.4, -0.2) is 71.4 Å². The largest absolute Gasteiger partial charge is 0.383 e. The van der Waals surface area contributed by atoms with Crippen molar-refractivity contribution in [3.63, 3.8) is 0 Å². The molecule has 2 aliphatic rings. The lowest BCUT2D eigenvalue weighted by atomic mass is 9.98. The minimum atomic E-state index is -0.829. The van der Waals surface area contributed by atoms with E-state index in [0.29, 0.717) is 48.5 Å². The van der Waals surface area contributed by atoms with Crippen molar-refractivity contribution in [3.05, 3.63) is 47.5 Å². The summed E-state index contributed by atoms with van der Waals surface area (Å²) in [5, 5.41) is 19.8. The van der Waals surface area contributed by atoms with Gasteiger partial charge in [0.25, 0.3) is 5.91 Å². The molecule has 1 aliphatic carbocycles. The van der Waals surface area contributed by atoms with Crippen LogP contribution in [0.4, 0.5) is 4.39 Å². The number of likely N-dealkylation sites (N-methyl/N-ethyl adjacent to an activating group) is 1. The molecule has 186 valence electrons. The molecule has 2 heterocycles. The summed E-state index contributed by atoms with van der Waals surface area (Å²) in [6.07, 6.45) is 6.18. The lowest BCUT2D eigenvalue weighted by molar-refractivity contribution is -0.124. The third-order valence-corrected chi connectivity index (χ3v) is 6.90. The zero-order valence-corrected chi connectivity index (χ0v) is 20.0. The molecule has 1 saturated carbocycles. The molecule has 0 radical (unpaired) electrons. The van der Waals surface area contributed by atoms with Gasteiger partial charge in [0.05, 0.1) is 36.2 Å². The SMILES string of the molecule is CCN(CCOC)C(=O)c1cnn(-c2ccc(C[C@@H](C#N)NC(=O)[C@H]3N[C@@H]4CC[C@H]3C4)c(F)c2)c1. The molecule has 0 unspecified atom stereocenters. The van der Waals surface area contributed by atoms with Crippen molar-refractivity contribution in [1.82, 2.24) is 25.3 Å². The summed E-state index contributed by atoms with van der Waals surface area (Å²) in [4.78, 5) is 27.0. The number of aromatic nitrogens is 2. The number of carbonyl (C=O) groups is 2. The summed E-state index contributed by atoms with van der Waals surface area (Å²) in [5.41, 5.74) is 1.17. The number of hydrogen-bond acceptors (Lipinski definition) is 6. The Morgan fingerprint density at radius 1 is 1.43 bits per heavy atom. The number of nitrogens with zero attached hydrogens (tertiary/aromatic N) is 4. The third-order valence-electron chi connectivity index (χ3n) is 6.90. The highest BCUT2D eigenvalue weighted by molar-refractivity contribution is 5.93. The van der Waals surface area contributed by atoms with E-state index in [1.165, 1.54) is 16.9 Å². The summed E-state index contributed by atoms with van der Waals surface area (Å²) >= 11 is 0. The van der Waals surface area contributed by atoms with Crippen molar-refractivity contribution in [2.45, 2.75) is 50.7 Å². The van der Waals surface area contributed by atoms with Gasteiger partial charge in [-0.25, -0.2) is 9.07 Å². The van der Waals surface area contributed by atoms with Gasteiger partial charge >= 0.3 is 0 Å². The minimum absolute atomic E-state index is 0.0585. The van der Waals surface area contributed by atoms with Gasteiger partial charge < -0.3 is 20.3 Å². The van der Waals surface area contributed by atoms with Crippen LogP contribution in [0.5, 0.6) is 0 Å². The maximum atomic E-state index is 14.9. The molecule has 1 saturated heterocycles. The number of nitrogens with one attached hydrogen (secondary N) is 2. The second kappa shape index (κ2) is 11.0. The summed E-state index contributed by atoms with van der Waals surface area (Å²) in [7, 11) is 1.58. The van der Waals surface area contributed by atoms with Crippen LogP contribution < -0.4 is 10.6 Å². The van der Waals surface area contributed by atoms with E-state index in [9.17, 15) is 19.2 Å². The number of ether oxygens (including phenoxy) is 1. The molecule has 35 heavy (non-hydrogen) atoms. The van der Waals surface area contributed by atoms with Crippen LogP contribution in [0.15, 0.2) is 30.6 Å². The van der Waals surface area contributed by atoms with Gasteiger partial charge in [-0.1, -0.05) is 6.07 Å². The fraction of sp³-hybridized carbons (Fsp3) is 0.520. The maximum Gasteiger partial charge on any atom is 0.257 e. The van der Waals surface area contributed by atoms with Gasteiger partial charge in [0.15, 0.2) is 0 Å². The molecule has 9 nitrogen and oxygen atoms in total. The average molecular weight is 483 g/mol. The molecule has 2 aromatic rings. The fourth-order valence-corrected chi connectivity index (χ4v) is 4.97. The first kappa shape index (κ1) is 24.8. The first-order chi connectivity index (χ1) is 16.9. The van der Waals surface area contributed by atoms with E-state index >= 15 is 0 Å². The molecule has 2 amide bonds. The van der Waals surface area contributed by atoms with Crippen molar-refractivity contribution >= 4 is 11.8 Å². The molecule has 1 aliphatic heterocycles. The Morgan fingerprint density at radius 2 is 2.26 bits per heavy atom. The normalized spacial score (nSPS) is 21.5. The Kier molecular flexibility index (Phi) is 7.78. The first-order valence-corrected chi connectivity index (χ1v) is 12.0. The Hall–Kier alpha value is -3.29. The Balaban J connectivity index is 1.40. The molecule has 10 heteroatoms. The van der Waals surface area contributed by atoms with Crippen molar-refractivity contribution in [2.75, 3.05) is 26.8 Å². The van der Waals surface area contributed by atoms with Crippen LogP contribution in [0.2, 0.25) is 0 Å². The number of hydrogen-bond donors (Lipinski definition) is 2. The predicted octanol–water partition coefficient (Wildman–Crippen LogP) is 1.81. The molecule has 4 atom stereocenters. The first-order valence-electron chi connectivity index (χ1n) is 12.0. The van der Waals surface area contributed by atoms with Crippen LogP contribution >= 0.6 is 0 Å². The highest BCUT2D eigenvalue weighted by atomic mass is 19.1. The van der Waals surface area contributed by atoms with Crippen LogP contribution in [-0.2, 0) is 16.0 Å². The molecular formula is C25H31FN6O3. The average Bonchev–Trinajstić information content (AvgIpc) is 3.62. The van der Waals surface area contributed by atoms with Crippen molar-refractivity contribution in [3.8, 4) is 11.8 Å². The molecule has 1 aromatic carbocycles. The second-order valence-corrected chi connectivity index (χ2v) is 9.14. The van der Waals surface area contributed by atoms with Crippen LogP contribution in [0.3, 0.4) is 0 Å². The van der Waals surface area contributed by atoms with Crippen LogP contribution in [0.1, 0.15) is 42.1 Å². The Labute approximate surface area is 204 Å². The molecule has 0 spiro atoms. The van der Waals surface area contributed by atoms with E-state index in [2.05, 4.69) is 21.8 Å². The zero-order chi connectivity index (χ0) is 24.9. The number of nitriles is 1. The fourth-order valence-electron chi connectivity index (χ4n) is 4.97. The number of rotatable bonds is 10. The lowest BCUT2D eigenvalue weighted by Gasteiger charge is -2.23. The summed E-state index contributed by atoms with van der Waals surface area (Å²) < 4.78 is 21.4. The second-order valence-electron chi connectivity index (χ2n) is 9.14. The monoisotopic (exact) mass is 482 g/mol. The summed E-state index contributed by atoms with van der Waals surface area (Å²) in [5.74, 6) is -0.564.